The fourth-order valence-electron chi connectivity index (χ4n) is 1.62. The number of hydrogen-bond acceptors (Lipinski definition) is 0. The minimum absolute atomic E-state index is 0.199. The summed E-state index contributed by atoms with van der Waals surface area (Å²) in [5, 5.41) is 0.363. The Morgan fingerprint density at radius 1 is 0.944 bits per heavy atom. The molecule has 0 spiro atoms. The second-order valence-corrected chi connectivity index (χ2v) is 5.35. The zero-order chi connectivity index (χ0) is 13.3. The van der Waals surface area contributed by atoms with E-state index in [1.165, 1.54) is 12.1 Å². The minimum Gasteiger partial charge on any atom is -0.207 e. The van der Waals surface area contributed by atoms with Gasteiger partial charge in [-0.3, -0.25) is 0 Å². The SMILES string of the molecule is Fc1cccc(Cl)c1C(Cl)c1cc(Cl)ccc1Cl. The van der Waals surface area contributed by atoms with Gasteiger partial charge < -0.3 is 0 Å². The third-order valence-electron chi connectivity index (χ3n) is 2.48. The zero-order valence-electron chi connectivity index (χ0n) is 8.93. The predicted octanol–water partition coefficient (Wildman–Crippen LogP) is 6.11. The number of benzene rings is 2. The third-order valence-corrected chi connectivity index (χ3v) is 3.85. The molecular weight excluding hydrogens is 317 g/mol. The lowest BCUT2D eigenvalue weighted by atomic mass is 10.0. The normalized spacial score (nSPS) is 12.5. The van der Waals surface area contributed by atoms with Crippen molar-refractivity contribution in [1.82, 2.24) is 0 Å². The fourth-order valence-corrected chi connectivity index (χ4v) is 2.81. The van der Waals surface area contributed by atoms with Crippen LogP contribution in [0.25, 0.3) is 0 Å². The first-order chi connectivity index (χ1) is 8.50. The van der Waals surface area contributed by atoms with Gasteiger partial charge in [0, 0.05) is 20.6 Å². The molecule has 0 aromatic heterocycles. The molecule has 1 atom stereocenters. The van der Waals surface area contributed by atoms with Crippen LogP contribution in [0.4, 0.5) is 4.39 Å². The summed E-state index contributed by atoms with van der Waals surface area (Å²) >= 11 is 24.1. The van der Waals surface area contributed by atoms with E-state index in [0.717, 1.165) is 0 Å². The van der Waals surface area contributed by atoms with Crippen molar-refractivity contribution in [3.05, 3.63) is 68.4 Å². The molecule has 2 aromatic rings. The van der Waals surface area contributed by atoms with Gasteiger partial charge in [-0.1, -0.05) is 40.9 Å². The number of halogens is 5. The van der Waals surface area contributed by atoms with Gasteiger partial charge in [0.1, 0.15) is 5.82 Å². The average molecular weight is 324 g/mol. The van der Waals surface area contributed by atoms with Crippen LogP contribution in [0.1, 0.15) is 16.5 Å². The molecule has 0 heterocycles. The molecule has 2 rings (SSSR count). The predicted molar refractivity (Wildman–Crippen MR) is 75.6 cm³/mol. The van der Waals surface area contributed by atoms with Gasteiger partial charge in [0.25, 0.3) is 0 Å². The summed E-state index contributed by atoms with van der Waals surface area (Å²) < 4.78 is 13.8. The Labute approximate surface area is 124 Å². The second-order valence-electron chi connectivity index (χ2n) is 3.66. The summed E-state index contributed by atoms with van der Waals surface area (Å²) in [6, 6.07) is 9.25. The number of rotatable bonds is 2. The molecule has 0 aliphatic carbocycles. The average Bonchev–Trinajstić information content (AvgIpc) is 2.32. The van der Waals surface area contributed by atoms with Crippen molar-refractivity contribution >= 4 is 46.4 Å². The lowest BCUT2D eigenvalue weighted by Crippen LogP contribution is -1.99. The van der Waals surface area contributed by atoms with E-state index >= 15 is 0 Å². The van der Waals surface area contributed by atoms with E-state index in [1.54, 1.807) is 24.3 Å². The number of alkyl halides is 1. The van der Waals surface area contributed by atoms with Crippen molar-refractivity contribution in [3.63, 3.8) is 0 Å². The van der Waals surface area contributed by atoms with E-state index in [0.29, 0.717) is 15.6 Å². The molecule has 0 bridgehead atoms. The van der Waals surface area contributed by atoms with Crippen LogP contribution in [0, 0.1) is 5.82 Å². The summed E-state index contributed by atoms with van der Waals surface area (Å²) in [7, 11) is 0. The van der Waals surface area contributed by atoms with Crippen LogP contribution in [-0.2, 0) is 0 Å². The van der Waals surface area contributed by atoms with Crippen LogP contribution in [0.3, 0.4) is 0 Å². The van der Waals surface area contributed by atoms with Crippen molar-refractivity contribution < 1.29 is 4.39 Å². The molecule has 0 radical (unpaired) electrons. The quantitative estimate of drug-likeness (QED) is 0.584. The van der Waals surface area contributed by atoms with E-state index < -0.39 is 11.2 Å². The van der Waals surface area contributed by atoms with Crippen molar-refractivity contribution in [2.45, 2.75) is 5.38 Å². The molecule has 0 amide bonds. The van der Waals surface area contributed by atoms with Gasteiger partial charge in [-0.05, 0) is 35.9 Å². The molecule has 1 unspecified atom stereocenters. The molecule has 0 saturated carbocycles. The Bertz CT molecular complexity index is 563. The smallest absolute Gasteiger partial charge is 0.129 e. The summed E-state index contributed by atoms with van der Waals surface area (Å²) in [5.74, 6) is -0.474. The minimum atomic E-state index is -0.787. The first-order valence-corrected chi connectivity index (χ1v) is 6.60. The summed E-state index contributed by atoms with van der Waals surface area (Å²) in [6.07, 6.45) is 0. The molecular formula is C13H7Cl4F. The molecule has 0 fully saturated rings. The van der Waals surface area contributed by atoms with Gasteiger partial charge in [0.2, 0.25) is 0 Å². The molecule has 0 nitrogen and oxygen atoms in total. The Morgan fingerprint density at radius 2 is 1.67 bits per heavy atom. The molecule has 0 aliphatic rings. The molecule has 0 N–H and O–H groups in total. The topological polar surface area (TPSA) is 0 Å². The van der Waals surface area contributed by atoms with E-state index in [2.05, 4.69) is 0 Å². The third kappa shape index (κ3) is 2.75. The van der Waals surface area contributed by atoms with E-state index in [9.17, 15) is 4.39 Å². The van der Waals surface area contributed by atoms with E-state index in [4.69, 9.17) is 46.4 Å². The Balaban J connectivity index is 2.54. The van der Waals surface area contributed by atoms with Crippen LogP contribution in [0.15, 0.2) is 36.4 Å². The lowest BCUT2D eigenvalue weighted by Gasteiger charge is -2.14. The molecule has 94 valence electrons. The van der Waals surface area contributed by atoms with Gasteiger partial charge in [0.05, 0.1) is 5.38 Å². The lowest BCUT2D eigenvalue weighted by molar-refractivity contribution is 0.612. The van der Waals surface area contributed by atoms with Crippen LogP contribution >= 0.6 is 46.4 Å². The van der Waals surface area contributed by atoms with Crippen molar-refractivity contribution in [2.24, 2.45) is 0 Å². The summed E-state index contributed by atoms with van der Waals surface area (Å²) in [5.41, 5.74) is 0.725. The van der Waals surface area contributed by atoms with Crippen molar-refractivity contribution in [1.29, 1.82) is 0 Å². The maximum absolute atomic E-state index is 13.8. The van der Waals surface area contributed by atoms with Crippen LogP contribution in [-0.4, -0.2) is 0 Å². The van der Waals surface area contributed by atoms with Crippen LogP contribution in [0.2, 0.25) is 15.1 Å². The van der Waals surface area contributed by atoms with Crippen molar-refractivity contribution in [3.8, 4) is 0 Å². The van der Waals surface area contributed by atoms with E-state index in [-0.39, 0.29) is 10.6 Å². The molecule has 0 saturated heterocycles. The standard InChI is InChI=1S/C13H7Cl4F/c14-7-4-5-9(15)8(6-7)13(17)12-10(16)2-1-3-11(12)18/h1-6,13H. The van der Waals surface area contributed by atoms with Crippen LogP contribution in [0.5, 0.6) is 0 Å². The summed E-state index contributed by atoms with van der Waals surface area (Å²) in [6.45, 7) is 0. The molecule has 18 heavy (non-hydrogen) atoms. The van der Waals surface area contributed by atoms with E-state index in [1.807, 2.05) is 0 Å². The van der Waals surface area contributed by atoms with Gasteiger partial charge in [-0.15, -0.1) is 11.6 Å². The maximum atomic E-state index is 13.8. The van der Waals surface area contributed by atoms with Gasteiger partial charge in [-0.25, -0.2) is 4.39 Å². The highest BCUT2D eigenvalue weighted by molar-refractivity contribution is 6.36. The van der Waals surface area contributed by atoms with Crippen molar-refractivity contribution in [2.75, 3.05) is 0 Å². The molecule has 0 aliphatic heterocycles. The van der Waals surface area contributed by atoms with Gasteiger partial charge in [0.15, 0.2) is 0 Å². The molecule has 2 aromatic carbocycles. The van der Waals surface area contributed by atoms with Gasteiger partial charge in [-0.2, -0.15) is 0 Å². The zero-order valence-corrected chi connectivity index (χ0v) is 12.0. The number of hydrogen-bond donors (Lipinski definition) is 0. The highest BCUT2D eigenvalue weighted by atomic mass is 35.5. The monoisotopic (exact) mass is 322 g/mol. The Morgan fingerprint density at radius 3 is 2.33 bits per heavy atom. The highest BCUT2D eigenvalue weighted by Gasteiger charge is 2.21. The first-order valence-electron chi connectivity index (χ1n) is 5.03. The molecule has 5 heteroatoms. The Kier molecular flexibility index (Phi) is 4.39. The first kappa shape index (κ1) is 14.0. The Hall–Kier alpha value is -0.470. The fraction of sp³-hybridized carbons (Fsp3) is 0.0769. The van der Waals surface area contributed by atoms with Gasteiger partial charge >= 0.3 is 0 Å². The second kappa shape index (κ2) is 5.66. The summed E-state index contributed by atoms with van der Waals surface area (Å²) in [4.78, 5) is 0. The van der Waals surface area contributed by atoms with Crippen LogP contribution < -0.4 is 0 Å². The highest BCUT2D eigenvalue weighted by Crippen LogP contribution is 2.39. The largest absolute Gasteiger partial charge is 0.207 e. The maximum Gasteiger partial charge on any atom is 0.129 e.